The van der Waals surface area contributed by atoms with E-state index in [4.69, 9.17) is 4.42 Å². The second-order valence-electron chi connectivity index (χ2n) is 8.26. The van der Waals surface area contributed by atoms with Crippen LogP contribution in [0, 0.1) is 25.2 Å². The third-order valence-electron chi connectivity index (χ3n) is 5.97. The predicted octanol–water partition coefficient (Wildman–Crippen LogP) is 4.15. The van der Waals surface area contributed by atoms with Crippen LogP contribution in [0.5, 0.6) is 0 Å². The van der Waals surface area contributed by atoms with Gasteiger partial charge in [-0.05, 0) is 57.2 Å². The number of hydrogen-bond acceptors (Lipinski definition) is 6. The molecule has 2 fully saturated rings. The zero-order valence-electron chi connectivity index (χ0n) is 17.6. The summed E-state index contributed by atoms with van der Waals surface area (Å²) in [5.41, 5.74) is 2.28. The molecule has 2 aliphatic carbocycles. The molecular weight excluding hydrogens is 412 g/mol. The molecule has 5 rings (SSSR count). The zero-order chi connectivity index (χ0) is 21.5. The summed E-state index contributed by atoms with van der Waals surface area (Å²) in [5.74, 6) is 2.93. The van der Waals surface area contributed by atoms with Crippen LogP contribution in [0.2, 0.25) is 0 Å². The van der Waals surface area contributed by atoms with Crippen LogP contribution in [-0.2, 0) is 11.3 Å². The molecule has 0 aromatic carbocycles. The number of aromatic nitrogens is 4. The van der Waals surface area contributed by atoms with Crippen LogP contribution in [0.3, 0.4) is 0 Å². The van der Waals surface area contributed by atoms with E-state index in [2.05, 4.69) is 26.2 Å². The molecule has 2 aliphatic rings. The van der Waals surface area contributed by atoms with Crippen molar-refractivity contribution in [1.82, 2.24) is 19.3 Å². The molecule has 3 heterocycles. The van der Waals surface area contributed by atoms with Gasteiger partial charge in [-0.15, -0.1) is 10.2 Å². The van der Waals surface area contributed by atoms with Crippen LogP contribution in [0.4, 0.5) is 5.82 Å². The maximum atomic E-state index is 12.8. The van der Waals surface area contributed by atoms with E-state index in [0.29, 0.717) is 29.9 Å². The van der Waals surface area contributed by atoms with Crippen LogP contribution in [0.1, 0.15) is 66.0 Å². The van der Waals surface area contributed by atoms with E-state index < -0.39 is 0 Å². The van der Waals surface area contributed by atoms with Gasteiger partial charge in [0.2, 0.25) is 5.91 Å². The minimum Gasteiger partial charge on any atom is -0.467 e. The lowest BCUT2D eigenvalue weighted by Gasteiger charge is -2.12. The molecule has 160 valence electrons. The van der Waals surface area contributed by atoms with Crippen LogP contribution in [0.15, 0.2) is 28.0 Å². The number of nitrogens with zero attached hydrogens (tertiary/aromatic N) is 5. The first-order valence-electron chi connectivity index (χ1n) is 10.6. The molecule has 0 bridgehead atoms. The number of thioether (sulfide) groups is 1. The Morgan fingerprint density at radius 3 is 2.77 bits per heavy atom. The molecular formula is C22H24N6O2S. The van der Waals surface area contributed by atoms with Gasteiger partial charge in [-0.3, -0.25) is 4.79 Å². The van der Waals surface area contributed by atoms with Crippen molar-refractivity contribution in [3.8, 4) is 6.07 Å². The fourth-order valence-electron chi connectivity index (χ4n) is 3.87. The lowest BCUT2D eigenvalue weighted by molar-refractivity contribution is -0.113. The highest BCUT2D eigenvalue weighted by Gasteiger charge is 2.36. The maximum absolute atomic E-state index is 12.8. The van der Waals surface area contributed by atoms with Crippen molar-refractivity contribution in [3.63, 3.8) is 0 Å². The normalized spacial score (nSPS) is 15.8. The summed E-state index contributed by atoms with van der Waals surface area (Å²) in [6, 6.07) is 6.43. The summed E-state index contributed by atoms with van der Waals surface area (Å²) in [6.07, 6.45) is 6.29. The maximum Gasteiger partial charge on any atom is 0.235 e. The van der Waals surface area contributed by atoms with Gasteiger partial charge in [0.05, 0.1) is 24.1 Å². The van der Waals surface area contributed by atoms with Crippen LogP contribution in [-0.4, -0.2) is 31.0 Å². The second kappa shape index (κ2) is 7.93. The first-order valence-corrected chi connectivity index (χ1v) is 11.5. The average molecular weight is 437 g/mol. The molecule has 0 radical (unpaired) electrons. The Bertz CT molecular complexity index is 1160. The van der Waals surface area contributed by atoms with E-state index in [9.17, 15) is 10.1 Å². The first kappa shape index (κ1) is 19.9. The Hall–Kier alpha value is -2.99. The minimum absolute atomic E-state index is 0.169. The van der Waals surface area contributed by atoms with Crippen LogP contribution >= 0.6 is 11.8 Å². The summed E-state index contributed by atoms with van der Waals surface area (Å²) in [7, 11) is 0. The quantitative estimate of drug-likeness (QED) is 0.532. The fraction of sp³-hybridized carbons (Fsp3) is 0.455. The molecule has 0 spiro atoms. The summed E-state index contributed by atoms with van der Waals surface area (Å²) in [5, 5.41) is 22.2. The number of rotatable bonds is 8. The number of carbonyl (C=O) groups excluding carboxylic acids is 1. The number of nitriles is 1. The standard InChI is InChI=1S/C22H24N6O2S/c1-13-14(2)27(11-17-4-3-9-30-17)21(18(13)10-23)24-19(29)12-31-22-26-25-20(15-5-6-15)28(22)16-7-8-16/h3-4,9,15-16H,5-8,11-12H2,1-2H3,(H,24,29). The number of anilines is 1. The van der Waals surface area contributed by atoms with Gasteiger partial charge in [0, 0.05) is 17.7 Å². The van der Waals surface area contributed by atoms with Crippen molar-refractivity contribution in [2.75, 3.05) is 11.1 Å². The SMILES string of the molecule is Cc1c(C#N)c(NC(=O)CSc2nnc(C3CC3)n2C2CC2)n(Cc2ccco2)c1C. The molecule has 0 unspecified atom stereocenters. The van der Waals surface area contributed by atoms with Crippen molar-refractivity contribution >= 4 is 23.5 Å². The molecule has 3 aromatic heterocycles. The largest absolute Gasteiger partial charge is 0.467 e. The highest BCUT2D eigenvalue weighted by Crippen LogP contribution is 2.46. The second-order valence-corrected chi connectivity index (χ2v) is 9.21. The zero-order valence-corrected chi connectivity index (χ0v) is 18.4. The third-order valence-corrected chi connectivity index (χ3v) is 6.91. The average Bonchev–Trinajstić information content (AvgIpc) is 3.68. The van der Waals surface area contributed by atoms with Crippen LogP contribution in [0.25, 0.3) is 0 Å². The Labute approximate surface area is 184 Å². The molecule has 1 N–H and O–H groups in total. The van der Waals surface area contributed by atoms with Gasteiger partial charge in [0.1, 0.15) is 23.5 Å². The molecule has 2 saturated carbocycles. The van der Waals surface area contributed by atoms with E-state index in [1.54, 1.807) is 6.26 Å². The monoisotopic (exact) mass is 436 g/mol. The van der Waals surface area contributed by atoms with Crippen LogP contribution < -0.4 is 5.32 Å². The smallest absolute Gasteiger partial charge is 0.235 e. The van der Waals surface area contributed by atoms with E-state index in [-0.39, 0.29) is 11.7 Å². The van der Waals surface area contributed by atoms with E-state index in [1.165, 1.54) is 24.6 Å². The van der Waals surface area contributed by atoms with Gasteiger partial charge < -0.3 is 18.9 Å². The molecule has 0 saturated heterocycles. The Morgan fingerprint density at radius 1 is 1.32 bits per heavy atom. The van der Waals surface area contributed by atoms with Crippen molar-refractivity contribution in [3.05, 3.63) is 46.8 Å². The summed E-state index contributed by atoms with van der Waals surface area (Å²) < 4.78 is 9.63. The molecule has 3 aromatic rings. The molecule has 0 atom stereocenters. The summed E-state index contributed by atoms with van der Waals surface area (Å²) in [6.45, 7) is 4.29. The molecule has 0 aliphatic heterocycles. The highest BCUT2D eigenvalue weighted by atomic mass is 32.2. The predicted molar refractivity (Wildman–Crippen MR) is 116 cm³/mol. The number of furan rings is 1. The number of amides is 1. The van der Waals surface area contributed by atoms with Gasteiger partial charge in [0.25, 0.3) is 0 Å². The lowest BCUT2D eigenvalue weighted by atomic mass is 10.2. The highest BCUT2D eigenvalue weighted by molar-refractivity contribution is 7.99. The first-order chi connectivity index (χ1) is 15.1. The van der Waals surface area contributed by atoms with Crippen molar-refractivity contribution in [2.45, 2.75) is 63.2 Å². The van der Waals surface area contributed by atoms with Gasteiger partial charge in [0.15, 0.2) is 5.16 Å². The van der Waals surface area contributed by atoms with Crippen molar-refractivity contribution in [2.24, 2.45) is 0 Å². The Morgan fingerprint density at radius 2 is 2.13 bits per heavy atom. The number of nitrogens with one attached hydrogen (secondary N) is 1. The van der Waals surface area contributed by atoms with Crippen molar-refractivity contribution in [1.29, 1.82) is 5.26 Å². The fourth-order valence-corrected chi connectivity index (χ4v) is 4.68. The number of carbonyl (C=O) groups is 1. The molecule has 1 amide bonds. The molecule has 9 heteroatoms. The Kier molecular flexibility index (Phi) is 5.10. The van der Waals surface area contributed by atoms with Gasteiger partial charge in [-0.2, -0.15) is 5.26 Å². The minimum atomic E-state index is -0.169. The van der Waals surface area contributed by atoms with E-state index >= 15 is 0 Å². The summed E-state index contributed by atoms with van der Waals surface area (Å²) in [4.78, 5) is 12.8. The number of hydrogen-bond donors (Lipinski definition) is 1. The molecule has 8 nitrogen and oxygen atoms in total. The third kappa shape index (κ3) is 3.88. The topological polar surface area (TPSA) is 102 Å². The van der Waals surface area contributed by atoms with Crippen molar-refractivity contribution < 1.29 is 9.21 Å². The van der Waals surface area contributed by atoms with Gasteiger partial charge in [-0.25, -0.2) is 0 Å². The summed E-state index contributed by atoms with van der Waals surface area (Å²) >= 11 is 1.41. The van der Waals surface area contributed by atoms with E-state index in [1.807, 2.05) is 30.5 Å². The molecule has 31 heavy (non-hydrogen) atoms. The van der Waals surface area contributed by atoms with Gasteiger partial charge in [-0.1, -0.05) is 11.8 Å². The van der Waals surface area contributed by atoms with E-state index in [0.717, 1.165) is 40.8 Å². The van der Waals surface area contributed by atoms with Gasteiger partial charge >= 0.3 is 0 Å². The lowest BCUT2D eigenvalue weighted by Crippen LogP contribution is -2.19. The Balaban J connectivity index is 1.33.